The van der Waals surface area contributed by atoms with Crippen LogP contribution in [0.25, 0.3) is 0 Å². The number of hydrogen-bond acceptors (Lipinski definition) is 4. The predicted molar refractivity (Wildman–Crippen MR) is 86.8 cm³/mol. The Labute approximate surface area is 134 Å². The van der Waals surface area contributed by atoms with E-state index >= 15 is 0 Å². The van der Waals surface area contributed by atoms with Crippen LogP contribution < -0.4 is 5.32 Å². The number of carbonyl (C=O) groups excluding carboxylic acids is 1. The SMILES string of the molecule is Cc1ccccc1NC(=O)[C@@H](Cc1ccccc1)n1cnnn1. The van der Waals surface area contributed by atoms with Gasteiger partial charge in [-0.1, -0.05) is 48.5 Å². The van der Waals surface area contributed by atoms with Crippen molar-refractivity contribution in [1.82, 2.24) is 20.2 Å². The van der Waals surface area contributed by atoms with Crippen LogP contribution in [0.1, 0.15) is 17.2 Å². The number of aryl methyl sites for hydroxylation is 1. The summed E-state index contributed by atoms with van der Waals surface area (Å²) in [6.45, 7) is 1.96. The van der Waals surface area contributed by atoms with Crippen molar-refractivity contribution < 1.29 is 4.79 Å². The van der Waals surface area contributed by atoms with Crippen molar-refractivity contribution in [2.75, 3.05) is 5.32 Å². The zero-order valence-electron chi connectivity index (χ0n) is 12.8. The van der Waals surface area contributed by atoms with Crippen LogP contribution in [0.15, 0.2) is 60.9 Å². The summed E-state index contributed by atoms with van der Waals surface area (Å²) in [7, 11) is 0. The minimum atomic E-state index is -0.507. The Bertz CT molecular complexity index is 771. The third kappa shape index (κ3) is 3.60. The molecule has 0 spiro atoms. The number of amides is 1. The third-order valence-corrected chi connectivity index (χ3v) is 3.66. The molecule has 3 aromatic rings. The Morgan fingerprint density at radius 2 is 1.87 bits per heavy atom. The predicted octanol–water partition coefficient (Wildman–Crippen LogP) is 2.40. The van der Waals surface area contributed by atoms with E-state index in [-0.39, 0.29) is 5.91 Å². The van der Waals surface area contributed by atoms with Gasteiger partial charge in [-0.05, 0) is 34.5 Å². The van der Waals surface area contributed by atoms with Crippen LogP contribution in [-0.2, 0) is 11.2 Å². The number of rotatable bonds is 5. The normalized spacial score (nSPS) is 11.9. The molecule has 1 amide bonds. The van der Waals surface area contributed by atoms with Gasteiger partial charge in [-0.3, -0.25) is 4.79 Å². The van der Waals surface area contributed by atoms with E-state index in [0.717, 1.165) is 16.8 Å². The van der Waals surface area contributed by atoms with Gasteiger partial charge in [-0.2, -0.15) is 0 Å². The van der Waals surface area contributed by atoms with Crippen LogP contribution in [0.4, 0.5) is 5.69 Å². The Balaban J connectivity index is 1.83. The average molecular weight is 307 g/mol. The van der Waals surface area contributed by atoms with E-state index < -0.39 is 6.04 Å². The van der Waals surface area contributed by atoms with Crippen molar-refractivity contribution in [3.63, 3.8) is 0 Å². The van der Waals surface area contributed by atoms with Gasteiger partial charge in [0.1, 0.15) is 12.4 Å². The summed E-state index contributed by atoms with van der Waals surface area (Å²) in [5.74, 6) is -0.143. The zero-order chi connectivity index (χ0) is 16.1. The summed E-state index contributed by atoms with van der Waals surface area (Å²) in [4.78, 5) is 12.7. The Kier molecular flexibility index (Phi) is 4.42. The molecule has 0 radical (unpaired) electrons. The second-order valence-electron chi connectivity index (χ2n) is 5.30. The van der Waals surface area contributed by atoms with Crippen molar-refractivity contribution >= 4 is 11.6 Å². The minimum Gasteiger partial charge on any atom is -0.324 e. The van der Waals surface area contributed by atoms with Crippen LogP contribution in [0.2, 0.25) is 0 Å². The Morgan fingerprint density at radius 3 is 2.57 bits per heavy atom. The van der Waals surface area contributed by atoms with Gasteiger partial charge in [0.2, 0.25) is 5.91 Å². The quantitative estimate of drug-likeness (QED) is 0.785. The number of nitrogens with zero attached hydrogens (tertiary/aromatic N) is 4. The van der Waals surface area contributed by atoms with Crippen molar-refractivity contribution in [1.29, 1.82) is 0 Å². The van der Waals surface area contributed by atoms with Gasteiger partial charge < -0.3 is 5.32 Å². The highest BCUT2D eigenvalue weighted by Gasteiger charge is 2.22. The molecule has 116 valence electrons. The first-order chi connectivity index (χ1) is 11.2. The molecule has 1 heterocycles. The lowest BCUT2D eigenvalue weighted by Crippen LogP contribution is -2.28. The lowest BCUT2D eigenvalue weighted by molar-refractivity contribution is -0.119. The van der Waals surface area contributed by atoms with E-state index in [1.165, 1.54) is 11.0 Å². The molecular weight excluding hydrogens is 290 g/mol. The first kappa shape index (κ1) is 14.9. The van der Waals surface area contributed by atoms with Gasteiger partial charge in [0.25, 0.3) is 0 Å². The number of nitrogens with one attached hydrogen (secondary N) is 1. The van der Waals surface area contributed by atoms with Crippen LogP contribution in [-0.4, -0.2) is 26.1 Å². The first-order valence-electron chi connectivity index (χ1n) is 7.37. The number of tetrazole rings is 1. The maximum absolute atomic E-state index is 12.7. The molecule has 0 aliphatic heterocycles. The summed E-state index contributed by atoms with van der Waals surface area (Å²) in [5.41, 5.74) is 2.85. The van der Waals surface area contributed by atoms with E-state index in [2.05, 4.69) is 20.8 Å². The van der Waals surface area contributed by atoms with Gasteiger partial charge in [0.05, 0.1) is 0 Å². The Hall–Kier alpha value is -3.02. The summed E-state index contributed by atoms with van der Waals surface area (Å²) in [6.07, 6.45) is 1.98. The number of aromatic nitrogens is 4. The van der Waals surface area contributed by atoms with Gasteiger partial charge in [0, 0.05) is 12.1 Å². The number of para-hydroxylation sites is 1. The lowest BCUT2D eigenvalue weighted by Gasteiger charge is -2.17. The third-order valence-electron chi connectivity index (χ3n) is 3.66. The zero-order valence-corrected chi connectivity index (χ0v) is 12.8. The smallest absolute Gasteiger partial charge is 0.249 e. The topological polar surface area (TPSA) is 72.7 Å². The first-order valence-corrected chi connectivity index (χ1v) is 7.37. The molecule has 23 heavy (non-hydrogen) atoms. The van der Waals surface area contributed by atoms with Gasteiger partial charge >= 0.3 is 0 Å². The molecule has 0 saturated carbocycles. The Morgan fingerprint density at radius 1 is 1.13 bits per heavy atom. The van der Waals surface area contributed by atoms with Gasteiger partial charge in [-0.15, -0.1) is 5.10 Å². The number of hydrogen-bond donors (Lipinski definition) is 1. The van der Waals surface area contributed by atoms with E-state index in [9.17, 15) is 4.79 Å². The summed E-state index contributed by atoms with van der Waals surface area (Å²) in [6, 6.07) is 17.0. The number of anilines is 1. The highest BCUT2D eigenvalue weighted by atomic mass is 16.2. The molecule has 3 rings (SSSR count). The van der Waals surface area contributed by atoms with Crippen LogP contribution in [0.5, 0.6) is 0 Å². The fourth-order valence-electron chi connectivity index (χ4n) is 2.38. The minimum absolute atomic E-state index is 0.143. The van der Waals surface area contributed by atoms with E-state index in [1.54, 1.807) is 0 Å². The molecule has 1 atom stereocenters. The second kappa shape index (κ2) is 6.83. The molecule has 6 heteroatoms. The molecule has 0 fully saturated rings. The fraction of sp³-hybridized carbons (Fsp3) is 0.176. The number of benzene rings is 2. The summed E-state index contributed by atoms with van der Waals surface area (Å²) < 4.78 is 1.49. The van der Waals surface area contributed by atoms with Gasteiger partial charge in [-0.25, -0.2) is 4.68 Å². The largest absolute Gasteiger partial charge is 0.324 e. The van der Waals surface area contributed by atoms with Crippen LogP contribution >= 0.6 is 0 Å². The highest BCUT2D eigenvalue weighted by molar-refractivity contribution is 5.94. The summed E-state index contributed by atoms with van der Waals surface area (Å²) >= 11 is 0. The van der Waals surface area contributed by atoms with Crippen molar-refractivity contribution in [3.05, 3.63) is 72.1 Å². The van der Waals surface area contributed by atoms with Gasteiger partial charge in [0.15, 0.2) is 0 Å². The van der Waals surface area contributed by atoms with Crippen molar-refractivity contribution in [2.24, 2.45) is 0 Å². The average Bonchev–Trinajstić information content (AvgIpc) is 3.10. The monoisotopic (exact) mass is 307 g/mol. The highest BCUT2D eigenvalue weighted by Crippen LogP contribution is 2.18. The molecule has 0 saturated heterocycles. The molecule has 0 aliphatic rings. The molecule has 1 aromatic heterocycles. The van der Waals surface area contributed by atoms with E-state index in [1.807, 2.05) is 61.5 Å². The van der Waals surface area contributed by atoms with Crippen molar-refractivity contribution in [2.45, 2.75) is 19.4 Å². The van der Waals surface area contributed by atoms with E-state index in [4.69, 9.17) is 0 Å². The summed E-state index contributed by atoms with van der Waals surface area (Å²) in [5, 5.41) is 14.1. The molecule has 2 aromatic carbocycles. The molecule has 6 nitrogen and oxygen atoms in total. The second-order valence-corrected chi connectivity index (χ2v) is 5.30. The van der Waals surface area contributed by atoms with Crippen molar-refractivity contribution in [3.8, 4) is 0 Å². The number of carbonyl (C=O) groups is 1. The molecule has 0 unspecified atom stereocenters. The molecule has 0 bridgehead atoms. The fourth-order valence-corrected chi connectivity index (χ4v) is 2.38. The molecule has 0 aliphatic carbocycles. The van der Waals surface area contributed by atoms with Crippen LogP contribution in [0, 0.1) is 6.92 Å². The lowest BCUT2D eigenvalue weighted by atomic mass is 10.1. The molecule has 1 N–H and O–H groups in total. The van der Waals surface area contributed by atoms with E-state index in [0.29, 0.717) is 6.42 Å². The standard InChI is InChI=1S/C17H17N5O/c1-13-7-5-6-10-15(13)19-17(23)16(22-12-18-20-21-22)11-14-8-3-2-4-9-14/h2-10,12,16H,11H2,1H3,(H,19,23)/t16-/m1/s1. The maximum atomic E-state index is 12.7. The van der Waals surface area contributed by atoms with Crippen LogP contribution in [0.3, 0.4) is 0 Å². The molecular formula is C17H17N5O. The maximum Gasteiger partial charge on any atom is 0.249 e.